The molecule has 0 bridgehead atoms. The fourth-order valence-electron chi connectivity index (χ4n) is 2.68. The molecule has 4 nitrogen and oxygen atoms in total. The number of hydrogen-bond donors (Lipinski definition) is 2. The van der Waals surface area contributed by atoms with E-state index in [1.54, 1.807) is 6.20 Å². The first-order chi connectivity index (χ1) is 9.31. The Hall–Kier alpha value is -1.13. The van der Waals surface area contributed by atoms with E-state index in [0.717, 1.165) is 44.6 Å². The van der Waals surface area contributed by atoms with Gasteiger partial charge in [0.15, 0.2) is 0 Å². The van der Waals surface area contributed by atoms with Crippen molar-refractivity contribution in [2.24, 2.45) is 5.92 Å². The molecule has 2 atom stereocenters. The van der Waals surface area contributed by atoms with Crippen molar-refractivity contribution in [3.05, 3.63) is 23.9 Å². The van der Waals surface area contributed by atoms with Gasteiger partial charge in [-0.05, 0) is 49.8 Å². The van der Waals surface area contributed by atoms with E-state index in [2.05, 4.69) is 23.3 Å². The van der Waals surface area contributed by atoms with Crippen molar-refractivity contribution in [1.82, 2.24) is 10.3 Å². The van der Waals surface area contributed by atoms with Gasteiger partial charge < -0.3 is 15.8 Å². The lowest BCUT2D eigenvalue weighted by molar-refractivity contribution is 0.0393. The van der Waals surface area contributed by atoms with Gasteiger partial charge in [0.2, 0.25) is 0 Å². The van der Waals surface area contributed by atoms with Crippen LogP contribution in [-0.2, 0) is 11.2 Å². The second-order valence-corrected chi connectivity index (χ2v) is 5.29. The van der Waals surface area contributed by atoms with Crippen LogP contribution in [0.5, 0.6) is 0 Å². The molecule has 0 radical (unpaired) electrons. The van der Waals surface area contributed by atoms with E-state index in [-0.39, 0.29) is 0 Å². The lowest BCUT2D eigenvalue weighted by atomic mass is 9.89. The van der Waals surface area contributed by atoms with Gasteiger partial charge in [0.25, 0.3) is 0 Å². The van der Waals surface area contributed by atoms with E-state index in [1.807, 2.05) is 6.07 Å². The topological polar surface area (TPSA) is 60.2 Å². The summed E-state index contributed by atoms with van der Waals surface area (Å²) in [5, 5.41) is 3.65. The quantitative estimate of drug-likeness (QED) is 0.824. The Labute approximate surface area is 115 Å². The normalized spacial score (nSPS) is 21.2. The Morgan fingerprint density at radius 3 is 3.16 bits per heavy atom. The highest BCUT2D eigenvalue weighted by Gasteiger charge is 2.24. The van der Waals surface area contributed by atoms with Crippen molar-refractivity contribution in [3.63, 3.8) is 0 Å². The van der Waals surface area contributed by atoms with E-state index < -0.39 is 0 Å². The number of nitrogen functional groups attached to an aromatic ring is 1. The highest BCUT2D eigenvalue weighted by molar-refractivity contribution is 5.39. The number of nitrogens with one attached hydrogen (secondary N) is 1. The third kappa shape index (κ3) is 4.18. The second-order valence-electron chi connectivity index (χ2n) is 5.29. The number of nitrogens with zero attached hydrogens (tertiary/aromatic N) is 1. The van der Waals surface area contributed by atoms with Crippen LogP contribution in [0.2, 0.25) is 0 Å². The summed E-state index contributed by atoms with van der Waals surface area (Å²) < 4.78 is 5.62. The van der Waals surface area contributed by atoms with E-state index in [0.29, 0.717) is 17.8 Å². The summed E-state index contributed by atoms with van der Waals surface area (Å²) in [6.07, 6.45) is 6.23. The zero-order chi connectivity index (χ0) is 13.5. The predicted octanol–water partition coefficient (Wildman–Crippen LogP) is 2.00. The zero-order valence-electron chi connectivity index (χ0n) is 11.8. The molecule has 0 spiro atoms. The predicted molar refractivity (Wildman–Crippen MR) is 78.0 cm³/mol. The van der Waals surface area contributed by atoms with Gasteiger partial charge in [0.1, 0.15) is 5.82 Å². The minimum atomic E-state index is 0.437. The summed E-state index contributed by atoms with van der Waals surface area (Å²) in [7, 11) is 0. The lowest BCUT2D eigenvalue weighted by Crippen LogP contribution is -2.42. The molecule has 1 fully saturated rings. The lowest BCUT2D eigenvalue weighted by Gasteiger charge is -2.31. The first kappa shape index (κ1) is 14.3. The molecule has 1 aromatic heterocycles. The molecule has 2 heterocycles. The van der Waals surface area contributed by atoms with Gasteiger partial charge in [-0.1, -0.05) is 13.0 Å². The molecule has 0 saturated carbocycles. The average Bonchev–Trinajstić information content (AvgIpc) is 2.46. The van der Waals surface area contributed by atoms with E-state index >= 15 is 0 Å². The maximum atomic E-state index is 5.96. The van der Waals surface area contributed by atoms with Crippen LogP contribution in [0, 0.1) is 5.92 Å². The van der Waals surface area contributed by atoms with Gasteiger partial charge in [-0.15, -0.1) is 0 Å². The Morgan fingerprint density at radius 2 is 2.47 bits per heavy atom. The molecule has 1 saturated heterocycles. The molecule has 0 aromatic carbocycles. The third-order valence-corrected chi connectivity index (χ3v) is 3.79. The Morgan fingerprint density at radius 1 is 1.58 bits per heavy atom. The SMILES string of the molecule is CCCNC(Cc1cccnc1N)C1CCCOC1. The number of rotatable bonds is 6. The monoisotopic (exact) mass is 263 g/mol. The van der Waals surface area contributed by atoms with Crippen molar-refractivity contribution < 1.29 is 4.74 Å². The van der Waals surface area contributed by atoms with Gasteiger partial charge >= 0.3 is 0 Å². The van der Waals surface area contributed by atoms with Crippen molar-refractivity contribution in [3.8, 4) is 0 Å². The molecule has 1 aromatic rings. The number of pyridine rings is 1. The maximum Gasteiger partial charge on any atom is 0.126 e. The molecular formula is C15H25N3O. The van der Waals surface area contributed by atoms with Crippen LogP contribution in [0.15, 0.2) is 18.3 Å². The van der Waals surface area contributed by atoms with Crippen molar-refractivity contribution >= 4 is 5.82 Å². The largest absolute Gasteiger partial charge is 0.383 e. The molecular weight excluding hydrogens is 238 g/mol. The van der Waals surface area contributed by atoms with Crippen LogP contribution in [-0.4, -0.2) is 30.8 Å². The van der Waals surface area contributed by atoms with Crippen LogP contribution in [0.1, 0.15) is 31.7 Å². The first-order valence-electron chi connectivity index (χ1n) is 7.31. The van der Waals surface area contributed by atoms with Crippen LogP contribution >= 0.6 is 0 Å². The number of hydrogen-bond acceptors (Lipinski definition) is 4. The van der Waals surface area contributed by atoms with Crippen molar-refractivity contribution in [2.45, 2.75) is 38.6 Å². The fraction of sp³-hybridized carbons (Fsp3) is 0.667. The standard InChI is InChI=1S/C15H25N3O/c1-2-7-17-14(13-6-4-9-19-11-13)10-12-5-3-8-18-15(12)16/h3,5,8,13-14,17H,2,4,6-7,9-11H2,1H3,(H2,16,18). The summed E-state index contributed by atoms with van der Waals surface area (Å²) in [6, 6.07) is 4.47. The minimum absolute atomic E-state index is 0.437. The highest BCUT2D eigenvalue weighted by Crippen LogP contribution is 2.21. The van der Waals surface area contributed by atoms with Crippen LogP contribution in [0.4, 0.5) is 5.82 Å². The third-order valence-electron chi connectivity index (χ3n) is 3.79. The van der Waals surface area contributed by atoms with Gasteiger partial charge in [-0.2, -0.15) is 0 Å². The van der Waals surface area contributed by atoms with Crippen molar-refractivity contribution in [1.29, 1.82) is 0 Å². The van der Waals surface area contributed by atoms with E-state index in [1.165, 1.54) is 6.42 Å². The van der Waals surface area contributed by atoms with Gasteiger partial charge in [-0.25, -0.2) is 4.98 Å². The summed E-state index contributed by atoms with van der Waals surface area (Å²) in [5.74, 6) is 1.24. The van der Waals surface area contributed by atoms with Crippen LogP contribution < -0.4 is 11.1 Å². The van der Waals surface area contributed by atoms with Gasteiger partial charge in [0.05, 0.1) is 6.61 Å². The highest BCUT2D eigenvalue weighted by atomic mass is 16.5. The average molecular weight is 263 g/mol. The molecule has 4 heteroatoms. The van der Waals surface area contributed by atoms with Crippen molar-refractivity contribution in [2.75, 3.05) is 25.5 Å². The first-order valence-corrected chi connectivity index (χ1v) is 7.31. The zero-order valence-corrected chi connectivity index (χ0v) is 11.8. The summed E-state index contributed by atoms with van der Waals surface area (Å²) >= 11 is 0. The summed E-state index contributed by atoms with van der Waals surface area (Å²) in [5.41, 5.74) is 7.10. The van der Waals surface area contributed by atoms with Gasteiger partial charge in [-0.3, -0.25) is 0 Å². The summed E-state index contributed by atoms with van der Waals surface area (Å²) in [4.78, 5) is 4.18. The van der Waals surface area contributed by atoms with E-state index in [4.69, 9.17) is 10.5 Å². The Bertz CT molecular complexity index is 377. The number of ether oxygens (including phenoxy) is 1. The molecule has 106 valence electrons. The number of anilines is 1. The smallest absolute Gasteiger partial charge is 0.126 e. The van der Waals surface area contributed by atoms with E-state index in [9.17, 15) is 0 Å². The fourth-order valence-corrected chi connectivity index (χ4v) is 2.68. The summed E-state index contributed by atoms with van der Waals surface area (Å²) in [6.45, 7) is 5.01. The van der Waals surface area contributed by atoms with Crippen LogP contribution in [0.25, 0.3) is 0 Å². The molecule has 0 aliphatic carbocycles. The molecule has 2 unspecified atom stereocenters. The molecule has 1 aliphatic heterocycles. The molecule has 3 N–H and O–H groups in total. The number of aromatic nitrogens is 1. The molecule has 2 rings (SSSR count). The maximum absolute atomic E-state index is 5.96. The molecule has 1 aliphatic rings. The molecule has 19 heavy (non-hydrogen) atoms. The Kier molecular flexibility index (Phi) is 5.61. The minimum Gasteiger partial charge on any atom is -0.383 e. The Balaban J connectivity index is 2.02. The van der Waals surface area contributed by atoms with Crippen LogP contribution in [0.3, 0.4) is 0 Å². The molecule has 0 amide bonds. The van der Waals surface area contributed by atoms with Gasteiger partial charge in [0, 0.05) is 18.8 Å². The number of nitrogens with two attached hydrogens (primary N) is 1. The second kappa shape index (κ2) is 7.46.